The number of anilines is 1. The molecule has 2 aromatic carbocycles. The number of amides is 2. The lowest BCUT2D eigenvalue weighted by Crippen LogP contribution is -2.39. The third-order valence-electron chi connectivity index (χ3n) is 4.91. The lowest BCUT2D eigenvalue weighted by molar-refractivity contribution is -0.146. The fourth-order valence-corrected chi connectivity index (χ4v) is 3.47. The van der Waals surface area contributed by atoms with E-state index in [1.807, 2.05) is 6.07 Å². The van der Waals surface area contributed by atoms with Crippen molar-refractivity contribution in [3.8, 4) is 0 Å². The SMILES string of the molecule is COC(=O)[C@@H]1C[C@@H](NC(=O)Nc2ccccc2)CN1Cc1ccc(C(F)(F)F)cc1. The highest BCUT2D eigenvalue weighted by molar-refractivity contribution is 5.89. The van der Waals surface area contributed by atoms with E-state index in [0.29, 0.717) is 24.2 Å². The molecule has 0 radical (unpaired) electrons. The molecule has 2 atom stereocenters. The number of rotatable bonds is 5. The molecule has 1 fully saturated rings. The van der Waals surface area contributed by atoms with Crippen LogP contribution in [-0.2, 0) is 22.3 Å². The van der Waals surface area contributed by atoms with Crippen LogP contribution < -0.4 is 10.6 Å². The van der Waals surface area contributed by atoms with Gasteiger partial charge in [-0.3, -0.25) is 9.69 Å². The van der Waals surface area contributed by atoms with Crippen LogP contribution in [0.2, 0.25) is 0 Å². The molecule has 1 aliphatic rings. The first kappa shape index (κ1) is 21.6. The highest BCUT2D eigenvalue weighted by atomic mass is 19.4. The minimum Gasteiger partial charge on any atom is -0.468 e. The minimum atomic E-state index is -4.40. The predicted molar refractivity (Wildman–Crippen MR) is 105 cm³/mol. The second kappa shape index (κ2) is 9.17. The highest BCUT2D eigenvalue weighted by Gasteiger charge is 2.38. The summed E-state index contributed by atoms with van der Waals surface area (Å²) in [5.41, 5.74) is 0.541. The lowest BCUT2D eigenvalue weighted by Gasteiger charge is -2.22. The molecule has 3 rings (SSSR count). The van der Waals surface area contributed by atoms with Crippen LogP contribution in [0, 0.1) is 0 Å². The van der Waals surface area contributed by atoms with Gasteiger partial charge in [0.15, 0.2) is 0 Å². The molecular formula is C21H22F3N3O3. The minimum absolute atomic E-state index is 0.260. The fourth-order valence-electron chi connectivity index (χ4n) is 3.47. The number of methoxy groups -OCH3 is 1. The Morgan fingerprint density at radius 2 is 1.77 bits per heavy atom. The van der Waals surface area contributed by atoms with E-state index in [1.54, 1.807) is 29.2 Å². The zero-order valence-electron chi connectivity index (χ0n) is 16.3. The van der Waals surface area contributed by atoms with Gasteiger partial charge >= 0.3 is 18.2 Å². The van der Waals surface area contributed by atoms with E-state index < -0.39 is 29.8 Å². The average Bonchev–Trinajstić information content (AvgIpc) is 3.09. The normalized spacial score (nSPS) is 19.3. The number of hydrogen-bond donors (Lipinski definition) is 2. The number of hydrogen-bond acceptors (Lipinski definition) is 4. The van der Waals surface area contributed by atoms with Crippen molar-refractivity contribution in [3.63, 3.8) is 0 Å². The Labute approximate surface area is 172 Å². The van der Waals surface area contributed by atoms with Crippen molar-refractivity contribution in [2.75, 3.05) is 19.0 Å². The summed E-state index contributed by atoms with van der Waals surface area (Å²) < 4.78 is 43.1. The molecule has 1 heterocycles. The Morgan fingerprint density at radius 3 is 2.37 bits per heavy atom. The van der Waals surface area contributed by atoms with Gasteiger partial charge in [0.1, 0.15) is 6.04 Å². The van der Waals surface area contributed by atoms with Crippen LogP contribution in [0.1, 0.15) is 17.5 Å². The van der Waals surface area contributed by atoms with Crippen LogP contribution in [0.25, 0.3) is 0 Å². The van der Waals surface area contributed by atoms with Crippen molar-refractivity contribution in [1.82, 2.24) is 10.2 Å². The van der Waals surface area contributed by atoms with Crippen molar-refractivity contribution < 1.29 is 27.5 Å². The number of alkyl halides is 3. The zero-order valence-corrected chi connectivity index (χ0v) is 16.3. The van der Waals surface area contributed by atoms with Crippen LogP contribution in [0.3, 0.4) is 0 Å². The third-order valence-corrected chi connectivity index (χ3v) is 4.91. The van der Waals surface area contributed by atoms with Crippen LogP contribution in [0.5, 0.6) is 0 Å². The summed E-state index contributed by atoms with van der Waals surface area (Å²) in [6, 6.07) is 12.4. The summed E-state index contributed by atoms with van der Waals surface area (Å²) in [5, 5.41) is 5.55. The molecule has 0 spiro atoms. The highest BCUT2D eigenvalue weighted by Crippen LogP contribution is 2.30. The molecule has 9 heteroatoms. The van der Waals surface area contributed by atoms with E-state index in [1.165, 1.54) is 19.2 Å². The van der Waals surface area contributed by atoms with Crippen LogP contribution in [0.4, 0.5) is 23.7 Å². The maximum absolute atomic E-state index is 12.7. The largest absolute Gasteiger partial charge is 0.468 e. The number of halogens is 3. The molecular weight excluding hydrogens is 399 g/mol. The third kappa shape index (κ3) is 5.50. The van der Waals surface area contributed by atoms with Gasteiger partial charge in [0, 0.05) is 24.8 Å². The first-order chi connectivity index (χ1) is 14.3. The van der Waals surface area contributed by atoms with Gasteiger partial charge in [-0.05, 0) is 36.2 Å². The van der Waals surface area contributed by atoms with Crippen molar-refractivity contribution in [3.05, 3.63) is 65.7 Å². The van der Waals surface area contributed by atoms with Crippen LogP contribution in [-0.4, -0.2) is 42.6 Å². The molecule has 160 valence electrons. The predicted octanol–water partition coefficient (Wildman–Crippen LogP) is 3.64. The van der Waals surface area contributed by atoms with E-state index in [-0.39, 0.29) is 12.6 Å². The van der Waals surface area contributed by atoms with E-state index >= 15 is 0 Å². The van der Waals surface area contributed by atoms with Gasteiger partial charge in [-0.15, -0.1) is 0 Å². The summed E-state index contributed by atoms with van der Waals surface area (Å²) in [5.74, 6) is -0.449. The van der Waals surface area contributed by atoms with Crippen molar-refractivity contribution in [2.24, 2.45) is 0 Å². The van der Waals surface area contributed by atoms with Crippen molar-refractivity contribution in [1.29, 1.82) is 0 Å². The van der Waals surface area contributed by atoms with Gasteiger partial charge in [-0.2, -0.15) is 13.2 Å². The maximum Gasteiger partial charge on any atom is 0.416 e. The molecule has 0 aliphatic carbocycles. The first-order valence-electron chi connectivity index (χ1n) is 9.37. The summed E-state index contributed by atoms with van der Waals surface area (Å²) in [6.07, 6.45) is -4.06. The average molecular weight is 421 g/mol. The number of carbonyl (C=O) groups is 2. The first-order valence-corrected chi connectivity index (χ1v) is 9.37. The van der Waals surface area contributed by atoms with Crippen molar-refractivity contribution in [2.45, 2.75) is 31.2 Å². The Bertz CT molecular complexity index is 873. The van der Waals surface area contributed by atoms with Gasteiger partial charge in [0.25, 0.3) is 0 Å². The monoisotopic (exact) mass is 421 g/mol. The zero-order chi connectivity index (χ0) is 21.7. The smallest absolute Gasteiger partial charge is 0.416 e. The number of esters is 1. The molecule has 0 unspecified atom stereocenters. The molecule has 0 saturated carbocycles. The van der Waals surface area contributed by atoms with Gasteiger partial charge in [-0.1, -0.05) is 30.3 Å². The molecule has 2 amide bonds. The Balaban J connectivity index is 1.64. The van der Waals surface area contributed by atoms with Gasteiger partial charge in [0.05, 0.1) is 12.7 Å². The molecule has 2 aromatic rings. The number of nitrogens with one attached hydrogen (secondary N) is 2. The van der Waals surface area contributed by atoms with Crippen molar-refractivity contribution >= 4 is 17.7 Å². The molecule has 1 saturated heterocycles. The summed E-state index contributed by atoms with van der Waals surface area (Å²) in [4.78, 5) is 26.2. The molecule has 6 nitrogen and oxygen atoms in total. The number of nitrogens with zero attached hydrogens (tertiary/aromatic N) is 1. The standard InChI is InChI=1S/C21H22F3N3O3/c1-30-19(28)18-11-17(26-20(29)25-16-5-3-2-4-6-16)13-27(18)12-14-7-9-15(10-8-14)21(22,23)24/h2-10,17-18H,11-13H2,1H3,(H2,25,26,29)/t17-,18+/m1/s1. The number of likely N-dealkylation sites (tertiary alicyclic amines) is 1. The van der Waals surface area contributed by atoms with E-state index in [0.717, 1.165) is 12.1 Å². The number of benzene rings is 2. The molecule has 2 N–H and O–H groups in total. The topological polar surface area (TPSA) is 70.7 Å². The van der Waals surface area contributed by atoms with Gasteiger partial charge in [-0.25, -0.2) is 4.79 Å². The Hall–Kier alpha value is -3.07. The van der Waals surface area contributed by atoms with Gasteiger partial charge in [0.2, 0.25) is 0 Å². The molecule has 0 aromatic heterocycles. The summed E-state index contributed by atoms with van der Waals surface area (Å²) >= 11 is 0. The number of para-hydroxylation sites is 1. The molecule has 1 aliphatic heterocycles. The maximum atomic E-state index is 12.7. The quantitative estimate of drug-likeness (QED) is 0.724. The summed E-state index contributed by atoms with van der Waals surface area (Å²) in [7, 11) is 1.28. The van der Waals surface area contributed by atoms with E-state index in [2.05, 4.69) is 10.6 Å². The number of carbonyl (C=O) groups excluding carboxylic acids is 2. The molecule has 0 bridgehead atoms. The van der Waals surface area contributed by atoms with Crippen LogP contribution in [0.15, 0.2) is 54.6 Å². The number of urea groups is 1. The fraction of sp³-hybridized carbons (Fsp3) is 0.333. The second-order valence-electron chi connectivity index (χ2n) is 7.06. The lowest BCUT2D eigenvalue weighted by atomic mass is 10.1. The van der Waals surface area contributed by atoms with Gasteiger partial charge < -0.3 is 15.4 Å². The second-order valence-corrected chi connectivity index (χ2v) is 7.06. The Kier molecular flexibility index (Phi) is 6.61. The Morgan fingerprint density at radius 1 is 1.10 bits per heavy atom. The molecule has 30 heavy (non-hydrogen) atoms. The van der Waals surface area contributed by atoms with Crippen LogP contribution >= 0.6 is 0 Å². The van der Waals surface area contributed by atoms with E-state index in [4.69, 9.17) is 4.74 Å². The van der Waals surface area contributed by atoms with E-state index in [9.17, 15) is 22.8 Å². The number of ether oxygens (including phenoxy) is 1. The summed E-state index contributed by atoms with van der Waals surface area (Å²) in [6.45, 7) is 0.624.